The Kier molecular flexibility index (Phi) is 9.28. The lowest BCUT2D eigenvalue weighted by Gasteiger charge is -2.42. The van der Waals surface area contributed by atoms with Gasteiger partial charge in [-0.05, 0) is 75.1 Å². The van der Waals surface area contributed by atoms with E-state index in [1.54, 1.807) is 36.2 Å². The van der Waals surface area contributed by atoms with Crippen LogP contribution in [0.4, 0.5) is 11.4 Å². The van der Waals surface area contributed by atoms with Crippen LogP contribution in [0.2, 0.25) is 5.02 Å². The van der Waals surface area contributed by atoms with Gasteiger partial charge in [-0.15, -0.1) is 0 Å². The SMILES string of the molecule is C.COC1CCN(C2CCN(c3ccc(NC(=O)c4cnn(-c5ccc(Cl)cc5)c4C)cc3C#N)CC2)CC1. The number of nitriles is 1. The van der Waals surface area contributed by atoms with E-state index in [1.807, 2.05) is 31.2 Å². The summed E-state index contributed by atoms with van der Waals surface area (Å²) in [5.41, 5.74) is 4.09. The molecule has 0 saturated carbocycles. The summed E-state index contributed by atoms with van der Waals surface area (Å²) in [6.07, 6.45) is 6.32. The molecule has 0 atom stereocenters. The van der Waals surface area contributed by atoms with Crippen LogP contribution in [-0.2, 0) is 4.74 Å². The highest BCUT2D eigenvalue weighted by atomic mass is 35.5. The minimum atomic E-state index is -0.266. The number of hydrogen-bond acceptors (Lipinski definition) is 6. The Bertz CT molecular complexity index is 1320. The molecule has 3 aromatic rings. The number of anilines is 2. The molecule has 2 aliphatic rings. The first kappa shape index (κ1) is 28.6. The number of carbonyl (C=O) groups excluding carboxylic acids is 1. The average Bonchev–Trinajstić information content (AvgIpc) is 3.34. The molecule has 9 heteroatoms. The number of hydrogen-bond donors (Lipinski definition) is 1. The molecule has 2 fully saturated rings. The van der Waals surface area contributed by atoms with Crippen LogP contribution < -0.4 is 10.2 Å². The van der Waals surface area contributed by atoms with Crippen molar-refractivity contribution in [2.45, 2.75) is 52.2 Å². The second kappa shape index (κ2) is 12.6. The van der Waals surface area contributed by atoms with Crippen LogP contribution in [0.1, 0.15) is 54.7 Å². The first-order valence-electron chi connectivity index (χ1n) is 13.1. The number of amides is 1. The van der Waals surface area contributed by atoms with Gasteiger partial charge in [0.25, 0.3) is 5.91 Å². The number of halogens is 1. The number of piperidine rings is 2. The lowest BCUT2D eigenvalue weighted by atomic mass is 9.98. The summed E-state index contributed by atoms with van der Waals surface area (Å²) < 4.78 is 7.22. The molecular weight excluding hydrogens is 512 g/mol. The number of ether oxygens (including phenoxy) is 1. The number of carbonyl (C=O) groups is 1. The first-order chi connectivity index (χ1) is 18.5. The third kappa shape index (κ3) is 6.27. The van der Waals surface area contributed by atoms with Crippen molar-refractivity contribution in [1.82, 2.24) is 14.7 Å². The monoisotopic (exact) mass is 548 g/mol. The quantitative estimate of drug-likeness (QED) is 0.427. The Balaban J connectivity index is 0.00000353. The van der Waals surface area contributed by atoms with Gasteiger partial charge < -0.3 is 19.9 Å². The van der Waals surface area contributed by atoms with Gasteiger partial charge in [0.1, 0.15) is 6.07 Å². The predicted octanol–water partition coefficient (Wildman–Crippen LogP) is 5.67. The number of nitrogens with zero attached hydrogens (tertiary/aromatic N) is 5. The molecular formula is C30H37ClN6O2. The first-order valence-corrected chi connectivity index (χ1v) is 13.5. The zero-order chi connectivity index (χ0) is 26.6. The van der Waals surface area contributed by atoms with E-state index < -0.39 is 0 Å². The number of methoxy groups -OCH3 is 1. The maximum Gasteiger partial charge on any atom is 0.259 e. The van der Waals surface area contributed by atoms with E-state index in [-0.39, 0.29) is 13.3 Å². The van der Waals surface area contributed by atoms with Crippen LogP contribution in [0.25, 0.3) is 5.69 Å². The maximum absolute atomic E-state index is 13.1. The minimum Gasteiger partial charge on any atom is -0.381 e. The molecule has 3 heterocycles. The van der Waals surface area contributed by atoms with Crippen LogP contribution in [0.5, 0.6) is 0 Å². The summed E-state index contributed by atoms with van der Waals surface area (Å²) in [7, 11) is 1.81. The maximum atomic E-state index is 13.1. The summed E-state index contributed by atoms with van der Waals surface area (Å²) in [4.78, 5) is 18.0. The third-order valence-corrected chi connectivity index (χ3v) is 8.08. The fourth-order valence-corrected chi connectivity index (χ4v) is 5.73. The van der Waals surface area contributed by atoms with Crippen molar-refractivity contribution in [3.05, 3.63) is 70.5 Å². The predicted molar refractivity (Wildman–Crippen MR) is 156 cm³/mol. The van der Waals surface area contributed by atoms with Crippen molar-refractivity contribution in [2.24, 2.45) is 0 Å². The molecule has 1 N–H and O–H groups in total. The Hall–Kier alpha value is -3.38. The highest BCUT2D eigenvalue weighted by molar-refractivity contribution is 6.30. The molecule has 5 rings (SSSR count). The molecule has 1 amide bonds. The molecule has 0 unspecified atom stereocenters. The zero-order valence-electron chi connectivity index (χ0n) is 21.9. The number of benzene rings is 2. The summed E-state index contributed by atoms with van der Waals surface area (Å²) in [6, 6.07) is 15.8. The molecule has 0 aliphatic carbocycles. The molecule has 1 aromatic heterocycles. The summed E-state index contributed by atoms with van der Waals surface area (Å²) in [6.45, 7) is 5.87. The minimum absolute atomic E-state index is 0. The van der Waals surface area contributed by atoms with E-state index in [0.717, 1.165) is 68.9 Å². The van der Waals surface area contributed by atoms with Crippen molar-refractivity contribution in [2.75, 3.05) is 43.5 Å². The molecule has 2 aromatic carbocycles. The Morgan fingerprint density at radius 3 is 2.41 bits per heavy atom. The summed E-state index contributed by atoms with van der Waals surface area (Å²) >= 11 is 5.99. The van der Waals surface area contributed by atoms with Crippen LogP contribution >= 0.6 is 11.6 Å². The van der Waals surface area contributed by atoms with Crippen molar-refractivity contribution in [3.63, 3.8) is 0 Å². The Morgan fingerprint density at radius 2 is 1.77 bits per heavy atom. The number of rotatable bonds is 6. The van der Waals surface area contributed by atoms with Gasteiger partial charge in [-0.3, -0.25) is 4.79 Å². The molecule has 206 valence electrons. The summed E-state index contributed by atoms with van der Waals surface area (Å²) in [5.74, 6) is -0.266. The second-order valence-electron chi connectivity index (χ2n) is 10.0. The third-order valence-electron chi connectivity index (χ3n) is 7.83. The van der Waals surface area contributed by atoms with Gasteiger partial charge in [0.05, 0.1) is 40.5 Å². The zero-order valence-corrected chi connectivity index (χ0v) is 22.6. The molecule has 8 nitrogen and oxygen atoms in total. The Labute approximate surface area is 236 Å². The largest absolute Gasteiger partial charge is 0.381 e. The highest BCUT2D eigenvalue weighted by Gasteiger charge is 2.29. The lowest BCUT2D eigenvalue weighted by molar-refractivity contribution is 0.0233. The van der Waals surface area contributed by atoms with Crippen molar-refractivity contribution in [1.29, 1.82) is 5.26 Å². The lowest BCUT2D eigenvalue weighted by Crippen LogP contribution is -2.48. The molecule has 0 spiro atoms. The number of likely N-dealkylation sites (tertiary alicyclic amines) is 1. The standard InChI is InChI=1S/C29H33ClN6O2.CH4/c1-20-27(19-32-36(20)25-6-3-22(30)4-7-25)29(37)33-23-5-8-28(21(17-23)18-31)35-13-9-24(10-14-35)34-15-11-26(38-2)12-16-34;/h3-8,17,19,24,26H,9-16H2,1-2H3,(H,33,37);1H4. The molecule has 2 aliphatic heterocycles. The van der Waals surface area contributed by atoms with Crippen molar-refractivity contribution >= 4 is 28.9 Å². The number of aromatic nitrogens is 2. The summed E-state index contributed by atoms with van der Waals surface area (Å²) in [5, 5.41) is 17.8. The van der Waals surface area contributed by atoms with E-state index in [2.05, 4.69) is 26.3 Å². The van der Waals surface area contributed by atoms with E-state index in [0.29, 0.717) is 34.0 Å². The van der Waals surface area contributed by atoms with Gasteiger partial charge >= 0.3 is 0 Å². The van der Waals surface area contributed by atoms with E-state index in [9.17, 15) is 10.1 Å². The molecule has 2 saturated heterocycles. The van der Waals surface area contributed by atoms with Gasteiger partial charge in [0.15, 0.2) is 0 Å². The number of nitrogens with one attached hydrogen (secondary N) is 1. The fraction of sp³-hybridized carbons (Fsp3) is 0.433. The molecule has 39 heavy (non-hydrogen) atoms. The van der Waals surface area contributed by atoms with Gasteiger partial charge in [-0.25, -0.2) is 4.68 Å². The molecule has 0 radical (unpaired) electrons. The van der Waals surface area contributed by atoms with Gasteiger partial charge in [-0.1, -0.05) is 19.0 Å². The van der Waals surface area contributed by atoms with Crippen LogP contribution in [-0.4, -0.2) is 66.0 Å². The van der Waals surface area contributed by atoms with E-state index in [4.69, 9.17) is 16.3 Å². The van der Waals surface area contributed by atoms with E-state index >= 15 is 0 Å². The van der Waals surface area contributed by atoms with E-state index in [1.165, 1.54) is 0 Å². The van der Waals surface area contributed by atoms with Crippen LogP contribution in [0.3, 0.4) is 0 Å². The van der Waals surface area contributed by atoms with Crippen molar-refractivity contribution < 1.29 is 9.53 Å². The second-order valence-corrected chi connectivity index (χ2v) is 10.5. The van der Waals surface area contributed by atoms with Gasteiger partial charge in [-0.2, -0.15) is 10.4 Å². The Morgan fingerprint density at radius 1 is 1.08 bits per heavy atom. The van der Waals surface area contributed by atoms with Crippen LogP contribution in [0, 0.1) is 18.3 Å². The van der Waals surface area contributed by atoms with Crippen molar-refractivity contribution in [3.8, 4) is 11.8 Å². The van der Waals surface area contributed by atoms with Crippen LogP contribution in [0.15, 0.2) is 48.7 Å². The molecule has 0 bridgehead atoms. The smallest absolute Gasteiger partial charge is 0.259 e. The highest BCUT2D eigenvalue weighted by Crippen LogP contribution is 2.29. The van der Waals surface area contributed by atoms with Gasteiger partial charge in [0, 0.05) is 50.0 Å². The average molecular weight is 549 g/mol. The normalized spacial score (nSPS) is 16.9. The van der Waals surface area contributed by atoms with Gasteiger partial charge in [0.2, 0.25) is 0 Å². The fourth-order valence-electron chi connectivity index (χ4n) is 5.60. The topological polar surface area (TPSA) is 86.4 Å².